The number of carbonyl (C=O) groups is 3. The molecule has 1 aliphatic heterocycles. The molecule has 3 rings (SSSR count). The van der Waals surface area contributed by atoms with Crippen molar-refractivity contribution in [2.45, 2.75) is 19.6 Å². The number of hydrogen-bond acceptors (Lipinski definition) is 4. The van der Waals surface area contributed by atoms with Crippen molar-refractivity contribution in [3.8, 4) is 0 Å². The Hall–Kier alpha value is -3.15. The van der Waals surface area contributed by atoms with Crippen molar-refractivity contribution in [3.05, 3.63) is 71.3 Å². The fourth-order valence-corrected chi connectivity index (χ4v) is 2.92. The molecule has 1 aliphatic rings. The van der Waals surface area contributed by atoms with E-state index in [0.29, 0.717) is 18.7 Å². The van der Waals surface area contributed by atoms with E-state index in [4.69, 9.17) is 10.5 Å². The average molecular weight is 352 g/mol. The van der Waals surface area contributed by atoms with Crippen LogP contribution in [0.15, 0.2) is 54.6 Å². The minimum Gasteiger partial charge on any atom is -0.461 e. The highest BCUT2D eigenvalue weighted by Crippen LogP contribution is 2.22. The number of ether oxygens (including phenoxy) is 1. The number of nitrogens with zero attached hydrogens (tertiary/aromatic N) is 1. The number of esters is 1. The van der Waals surface area contributed by atoms with Crippen molar-refractivity contribution in [2.75, 3.05) is 6.54 Å². The van der Waals surface area contributed by atoms with E-state index in [2.05, 4.69) is 0 Å². The molecule has 2 N–H and O–H groups in total. The summed E-state index contributed by atoms with van der Waals surface area (Å²) in [4.78, 5) is 37.1. The molecule has 0 aromatic heterocycles. The van der Waals surface area contributed by atoms with Crippen LogP contribution in [0.1, 0.15) is 27.9 Å². The minimum absolute atomic E-state index is 0.0402. The molecule has 0 radical (unpaired) electrons. The highest BCUT2D eigenvalue weighted by atomic mass is 16.5. The summed E-state index contributed by atoms with van der Waals surface area (Å²) in [5.74, 6) is -1.37. The number of amides is 2. The van der Waals surface area contributed by atoms with Crippen LogP contribution in [0, 0.1) is 5.92 Å². The molecule has 2 aromatic rings. The molecule has 1 fully saturated rings. The Kier molecular flexibility index (Phi) is 5.31. The third kappa shape index (κ3) is 4.27. The van der Waals surface area contributed by atoms with Crippen LogP contribution in [0.3, 0.4) is 0 Å². The number of carbonyl (C=O) groups excluding carboxylic acids is 3. The van der Waals surface area contributed by atoms with E-state index in [0.717, 1.165) is 11.1 Å². The SMILES string of the molecule is NC(=O)c1ccc(COC(=O)[C@H]2CC(=O)N(Cc3ccccc3)C2)cc1. The van der Waals surface area contributed by atoms with E-state index in [9.17, 15) is 14.4 Å². The summed E-state index contributed by atoms with van der Waals surface area (Å²) in [6, 6.07) is 16.2. The van der Waals surface area contributed by atoms with Crippen LogP contribution >= 0.6 is 0 Å². The molecule has 0 bridgehead atoms. The van der Waals surface area contributed by atoms with Gasteiger partial charge in [0.1, 0.15) is 6.61 Å². The minimum atomic E-state index is -0.503. The molecule has 0 aliphatic carbocycles. The van der Waals surface area contributed by atoms with Crippen LogP contribution in [0.5, 0.6) is 0 Å². The van der Waals surface area contributed by atoms with Crippen LogP contribution in [0.4, 0.5) is 0 Å². The maximum absolute atomic E-state index is 12.3. The quantitative estimate of drug-likeness (QED) is 0.804. The molecule has 2 aromatic carbocycles. The van der Waals surface area contributed by atoms with Crippen molar-refractivity contribution in [1.29, 1.82) is 0 Å². The second kappa shape index (κ2) is 7.82. The van der Waals surface area contributed by atoms with Gasteiger partial charge in [-0.05, 0) is 23.3 Å². The zero-order valence-corrected chi connectivity index (χ0v) is 14.3. The van der Waals surface area contributed by atoms with Gasteiger partial charge in [-0.1, -0.05) is 42.5 Å². The van der Waals surface area contributed by atoms with E-state index >= 15 is 0 Å². The summed E-state index contributed by atoms with van der Waals surface area (Å²) in [5.41, 5.74) is 7.38. The molecular weight excluding hydrogens is 332 g/mol. The predicted molar refractivity (Wildman–Crippen MR) is 94.7 cm³/mol. The summed E-state index contributed by atoms with van der Waals surface area (Å²) in [6.45, 7) is 0.965. The van der Waals surface area contributed by atoms with Gasteiger partial charge in [-0.15, -0.1) is 0 Å². The second-order valence-electron chi connectivity index (χ2n) is 6.33. The van der Waals surface area contributed by atoms with Crippen molar-refractivity contribution in [2.24, 2.45) is 11.7 Å². The van der Waals surface area contributed by atoms with Crippen molar-refractivity contribution >= 4 is 17.8 Å². The number of rotatable bonds is 6. The van der Waals surface area contributed by atoms with Gasteiger partial charge in [0, 0.05) is 25.1 Å². The highest BCUT2D eigenvalue weighted by molar-refractivity contribution is 5.92. The van der Waals surface area contributed by atoms with E-state index in [-0.39, 0.29) is 24.9 Å². The zero-order valence-electron chi connectivity index (χ0n) is 14.3. The third-order valence-corrected chi connectivity index (χ3v) is 4.38. The molecule has 0 unspecified atom stereocenters. The first-order valence-electron chi connectivity index (χ1n) is 8.40. The van der Waals surface area contributed by atoms with Gasteiger partial charge in [0.15, 0.2) is 0 Å². The molecular formula is C20H20N2O4. The highest BCUT2D eigenvalue weighted by Gasteiger charge is 2.35. The predicted octanol–water partition coefficient (Wildman–Crippen LogP) is 1.88. The maximum atomic E-state index is 12.3. The van der Waals surface area contributed by atoms with Gasteiger partial charge < -0.3 is 15.4 Å². The number of likely N-dealkylation sites (tertiary alicyclic amines) is 1. The Labute approximate surface area is 151 Å². The Bertz CT molecular complexity index is 802. The molecule has 1 heterocycles. The van der Waals surface area contributed by atoms with E-state index in [1.807, 2.05) is 30.3 Å². The van der Waals surface area contributed by atoms with Crippen molar-refractivity contribution < 1.29 is 19.1 Å². The molecule has 0 spiro atoms. The van der Waals surface area contributed by atoms with E-state index < -0.39 is 11.8 Å². The number of nitrogens with two attached hydrogens (primary N) is 1. The lowest BCUT2D eigenvalue weighted by molar-refractivity contribution is -0.149. The largest absolute Gasteiger partial charge is 0.461 e. The third-order valence-electron chi connectivity index (χ3n) is 4.38. The van der Waals surface area contributed by atoms with Gasteiger partial charge in [0.2, 0.25) is 11.8 Å². The zero-order chi connectivity index (χ0) is 18.5. The van der Waals surface area contributed by atoms with Gasteiger partial charge in [0.05, 0.1) is 5.92 Å². The standard InChI is InChI=1S/C20H20N2O4/c21-19(24)16-8-6-15(7-9-16)13-26-20(25)17-10-18(23)22(12-17)11-14-4-2-1-3-5-14/h1-9,17H,10-13H2,(H2,21,24)/t17-/m0/s1. The fraction of sp³-hybridized carbons (Fsp3) is 0.250. The van der Waals surface area contributed by atoms with Crippen LogP contribution in [-0.4, -0.2) is 29.2 Å². The second-order valence-corrected chi connectivity index (χ2v) is 6.33. The Balaban J connectivity index is 1.52. The summed E-state index contributed by atoms with van der Waals surface area (Å²) < 4.78 is 5.33. The smallest absolute Gasteiger partial charge is 0.311 e. The lowest BCUT2D eigenvalue weighted by atomic mass is 10.1. The molecule has 0 saturated carbocycles. The molecule has 1 saturated heterocycles. The van der Waals surface area contributed by atoms with E-state index in [1.54, 1.807) is 29.2 Å². The van der Waals surface area contributed by atoms with Crippen molar-refractivity contribution in [1.82, 2.24) is 4.90 Å². The van der Waals surface area contributed by atoms with Crippen molar-refractivity contribution in [3.63, 3.8) is 0 Å². The lowest BCUT2D eigenvalue weighted by Crippen LogP contribution is -2.26. The summed E-state index contributed by atoms with van der Waals surface area (Å²) in [6.07, 6.45) is 0.173. The molecule has 2 amide bonds. The van der Waals surface area contributed by atoms with Gasteiger partial charge in [-0.25, -0.2) is 0 Å². The first-order chi connectivity index (χ1) is 12.5. The van der Waals surface area contributed by atoms with Crippen LogP contribution in [0.2, 0.25) is 0 Å². The monoisotopic (exact) mass is 352 g/mol. The van der Waals surface area contributed by atoms with E-state index in [1.165, 1.54) is 0 Å². The topological polar surface area (TPSA) is 89.7 Å². The van der Waals surface area contributed by atoms with Crippen LogP contribution in [0.25, 0.3) is 0 Å². The van der Waals surface area contributed by atoms with Gasteiger partial charge >= 0.3 is 5.97 Å². The fourth-order valence-electron chi connectivity index (χ4n) is 2.92. The number of benzene rings is 2. The maximum Gasteiger partial charge on any atom is 0.311 e. The lowest BCUT2D eigenvalue weighted by Gasteiger charge is -2.16. The van der Waals surface area contributed by atoms with Crippen LogP contribution in [-0.2, 0) is 27.5 Å². The summed E-state index contributed by atoms with van der Waals surface area (Å²) in [7, 11) is 0. The Morgan fingerprint density at radius 3 is 2.38 bits per heavy atom. The van der Waals surface area contributed by atoms with Gasteiger partial charge in [0.25, 0.3) is 0 Å². The Morgan fingerprint density at radius 1 is 1.04 bits per heavy atom. The van der Waals surface area contributed by atoms with Gasteiger partial charge in [-0.2, -0.15) is 0 Å². The first-order valence-corrected chi connectivity index (χ1v) is 8.40. The van der Waals surface area contributed by atoms with Gasteiger partial charge in [-0.3, -0.25) is 14.4 Å². The summed E-state index contributed by atoms with van der Waals surface area (Å²) in [5, 5.41) is 0. The Morgan fingerprint density at radius 2 is 1.73 bits per heavy atom. The molecule has 6 nitrogen and oxygen atoms in total. The molecule has 1 atom stereocenters. The molecule has 6 heteroatoms. The average Bonchev–Trinajstić information content (AvgIpc) is 3.01. The first kappa shape index (κ1) is 17.7. The molecule has 134 valence electrons. The normalized spacial score (nSPS) is 16.5. The number of primary amides is 1. The van der Waals surface area contributed by atoms with Crippen LogP contribution < -0.4 is 5.73 Å². The number of hydrogen-bond donors (Lipinski definition) is 1. The summed E-state index contributed by atoms with van der Waals surface area (Å²) >= 11 is 0. The molecule has 26 heavy (non-hydrogen) atoms.